The summed E-state index contributed by atoms with van der Waals surface area (Å²) in [6.07, 6.45) is 3.83. The molecule has 0 amide bonds. The fourth-order valence-electron chi connectivity index (χ4n) is 3.56. The average molecular weight is 477 g/mol. The van der Waals surface area contributed by atoms with Gasteiger partial charge in [0, 0.05) is 31.6 Å². The quantitative estimate of drug-likeness (QED) is 0.273. The molecule has 1 unspecified atom stereocenters. The molecule has 2 rings (SSSR count). The van der Waals surface area contributed by atoms with Crippen molar-refractivity contribution in [3.63, 3.8) is 0 Å². The van der Waals surface area contributed by atoms with E-state index >= 15 is 0 Å². The van der Waals surface area contributed by atoms with E-state index in [-0.39, 0.29) is 24.0 Å². The molecule has 1 aromatic heterocycles. The van der Waals surface area contributed by atoms with Gasteiger partial charge in [0.2, 0.25) is 0 Å². The number of hydrogen-bond acceptors (Lipinski definition) is 4. The van der Waals surface area contributed by atoms with E-state index in [1.54, 1.807) is 0 Å². The summed E-state index contributed by atoms with van der Waals surface area (Å²) in [5.41, 5.74) is 2.17. The van der Waals surface area contributed by atoms with E-state index in [0.29, 0.717) is 5.92 Å². The van der Waals surface area contributed by atoms with Crippen LogP contribution in [0.25, 0.3) is 0 Å². The van der Waals surface area contributed by atoms with E-state index in [1.807, 2.05) is 20.9 Å². The monoisotopic (exact) mass is 477 g/mol. The SMILES string of the molecule is CN=C(NCCCN1CCC(C)CC1)NCC(C)c1c(C)noc1C.I. The van der Waals surface area contributed by atoms with Gasteiger partial charge in [-0.2, -0.15) is 0 Å². The standard InChI is InChI=1S/C19H35N5O.HI/c1-14-7-11-24(12-8-14)10-6-9-21-19(20-5)22-13-15(2)18-16(3)23-25-17(18)4;/h14-15H,6-13H2,1-5H3,(H2,20,21,22);1H. The Morgan fingerprint density at radius 2 is 2.00 bits per heavy atom. The molecule has 7 heteroatoms. The number of aliphatic imine (C=N–C) groups is 1. The first kappa shape index (κ1) is 23.2. The number of hydrogen-bond donors (Lipinski definition) is 2. The van der Waals surface area contributed by atoms with Crippen molar-refractivity contribution in [3.05, 3.63) is 17.0 Å². The third kappa shape index (κ3) is 7.06. The lowest BCUT2D eigenvalue weighted by molar-refractivity contribution is 0.191. The number of piperidine rings is 1. The molecular formula is C19H36IN5O. The van der Waals surface area contributed by atoms with Gasteiger partial charge in [0.05, 0.1) is 5.69 Å². The van der Waals surface area contributed by atoms with Crippen LogP contribution in [0.4, 0.5) is 0 Å². The average Bonchev–Trinajstić information content (AvgIpc) is 2.94. The Hall–Kier alpha value is -0.830. The van der Waals surface area contributed by atoms with E-state index in [4.69, 9.17) is 4.52 Å². The van der Waals surface area contributed by atoms with Gasteiger partial charge in [-0.3, -0.25) is 4.99 Å². The third-order valence-corrected chi connectivity index (χ3v) is 5.20. The van der Waals surface area contributed by atoms with Crippen LogP contribution in [0.2, 0.25) is 0 Å². The Labute approximate surface area is 175 Å². The highest BCUT2D eigenvalue weighted by atomic mass is 127. The Kier molecular flexibility index (Phi) is 10.5. The molecule has 1 atom stereocenters. The zero-order chi connectivity index (χ0) is 18.2. The summed E-state index contributed by atoms with van der Waals surface area (Å²) in [6, 6.07) is 0. The second kappa shape index (κ2) is 11.8. The van der Waals surface area contributed by atoms with Gasteiger partial charge in [-0.15, -0.1) is 24.0 Å². The molecule has 0 saturated carbocycles. The predicted octanol–water partition coefficient (Wildman–Crippen LogP) is 3.30. The summed E-state index contributed by atoms with van der Waals surface area (Å²) < 4.78 is 5.26. The number of rotatable bonds is 7. The van der Waals surface area contributed by atoms with Gasteiger partial charge in [-0.25, -0.2) is 0 Å². The van der Waals surface area contributed by atoms with Crippen molar-refractivity contribution in [3.8, 4) is 0 Å². The van der Waals surface area contributed by atoms with Crippen LogP contribution in [0, 0.1) is 19.8 Å². The number of nitrogens with one attached hydrogen (secondary N) is 2. The first-order valence-corrected chi connectivity index (χ1v) is 9.61. The second-order valence-corrected chi connectivity index (χ2v) is 7.40. The van der Waals surface area contributed by atoms with Crippen LogP contribution in [-0.4, -0.2) is 55.8 Å². The van der Waals surface area contributed by atoms with E-state index in [9.17, 15) is 0 Å². The molecule has 0 spiro atoms. The van der Waals surface area contributed by atoms with Crippen molar-refractivity contribution in [1.29, 1.82) is 0 Å². The van der Waals surface area contributed by atoms with Crippen molar-refractivity contribution in [2.75, 3.05) is 39.8 Å². The largest absolute Gasteiger partial charge is 0.361 e. The van der Waals surface area contributed by atoms with Gasteiger partial charge in [0.1, 0.15) is 5.76 Å². The van der Waals surface area contributed by atoms with Crippen LogP contribution in [0.1, 0.15) is 56.0 Å². The number of aryl methyl sites for hydroxylation is 2. The normalized spacial score (nSPS) is 17.7. The maximum absolute atomic E-state index is 5.26. The first-order chi connectivity index (χ1) is 12.0. The lowest BCUT2D eigenvalue weighted by atomic mass is 9.99. The zero-order valence-electron chi connectivity index (χ0n) is 17.0. The van der Waals surface area contributed by atoms with Gasteiger partial charge < -0.3 is 20.1 Å². The summed E-state index contributed by atoms with van der Waals surface area (Å²) in [7, 11) is 1.82. The number of halogens is 1. The molecule has 1 saturated heterocycles. The number of nitrogens with zero attached hydrogens (tertiary/aromatic N) is 3. The predicted molar refractivity (Wildman–Crippen MR) is 119 cm³/mol. The first-order valence-electron chi connectivity index (χ1n) is 9.61. The Bertz CT molecular complexity index is 533. The van der Waals surface area contributed by atoms with Crippen molar-refractivity contribution >= 4 is 29.9 Å². The highest BCUT2D eigenvalue weighted by Gasteiger charge is 2.17. The Balaban J connectivity index is 0.00000338. The van der Waals surface area contributed by atoms with Crippen LogP contribution in [0.3, 0.4) is 0 Å². The van der Waals surface area contributed by atoms with Crippen molar-refractivity contribution in [1.82, 2.24) is 20.7 Å². The van der Waals surface area contributed by atoms with Crippen LogP contribution in [0.5, 0.6) is 0 Å². The van der Waals surface area contributed by atoms with Crippen LogP contribution < -0.4 is 10.6 Å². The third-order valence-electron chi connectivity index (χ3n) is 5.20. The minimum absolute atomic E-state index is 0. The molecule has 0 radical (unpaired) electrons. The van der Waals surface area contributed by atoms with Crippen molar-refractivity contribution in [2.45, 2.75) is 52.9 Å². The van der Waals surface area contributed by atoms with Crippen LogP contribution in [0.15, 0.2) is 9.52 Å². The molecule has 0 bridgehead atoms. The lowest BCUT2D eigenvalue weighted by Gasteiger charge is -2.30. The number of aromatic nitrogens is 1. The Morgan fingerprint density at radius 1 is 1.31 bits per heavy atom. The molecule has 2 N–H and O–H groups in total. The molecule has 0 aliphatic carbocycles. The maximum Gasteiger partial charge on any atom is 0.190 e. The smallest absolute Gasteiger partial charge is 0.190 e. The molecule has 6 nitrogen and oxygen atoms in total. The summed E-state index contributed by atoms with van der Waals surface area (Å²) >= 11 is 0. The minimum atomic E-state index is 0. The van der Waals surface area contributed by atoms with Gasteiger partial charge in [0.25, 0.3) is 0 Å². The van der Waals surface area contributed by atoms with E-state index < -0.39 is 0 Å². The van der Waals surface area contributed by atoms with E-state index in [1.165, 1.54) is 38.0 Å². The van der Waals surface area contributed by atoms with Crippen LogP contribution in [-0.2, 0) is 0 Å². The molecule has 1 fully saturated rings. The molecule has 1 aliphatic rings. The van der Waals surface area contributed by atoms with Crippen molar-refractivity contribution < 1.29 is 4.52 Å². The summed E-state index contributed by atoms with van der Waals surface area (Å²) in [6.45, 7) is 14.0. The molecule has 2 heterocycles. The van der Waals surface area contributed by atoms with Crippen LogP contribution >= 0.6 is 24.0 Å². The number of likely N-dealkylation sites (tertiary alicyclic amines) is 1. The summed E-state index contributed by atoms with van der Waals surface area (Å²) in [5.74, 6) is 3.01. The molecular weight excluding hydrogens is 441 g/mol. The number of guanidine groups is 1. The molecule has 150 valence electrons. The lowest BCUT2D eigenvalue weighted by Crippen LogP contribution is -2.41. The second-order valence-electron chi connectivity index (χ2n) is 7.40. The van der Waals surface area contributed by atoms with E-state index in [0.717, 1.165) is 42.8 Å². The fraction of sp³-hybridized carbons (Fsp3) is 0.789. The van der Waals surface area contributed by atoms with Gasteiger partial charge in [-0.1, -0.05) is 19.0 Å². The molecule has 26 heavy (non-hydrogen) atoms. The maximum atomic E-state index is 5.26. The minimum Gasteiger partial charge on any atom is -0.361 e. The molecule has 1 aromatic rings. The Morgan fingerprint density at radius 3 is 2.58 bits per heavy atom. The molecule has 1 aliphatic heterocycles. The fourth-order valence-corrected chi connectivity index (χ4v) is 3.56. The van der Waals surface area contributed by atoms with Gasteiger partial charge >= 0.3 is 0 Å². The topological polar surface area (TPSA) is 65.7 Å². The molecule has 0 aromatic carbocycles. The van der Waals surface area contributed by atoms with Gasteiger partial charge in [0.15, 0.2) is 5.96 Å². The zero-order valence-corrected chi connectivity index (χ0v) is 19.3. The van der Waals surface area contributed by atoms with Crippen molar-refractivity contribution in [2.24, 2.45) is 10.9 Å². The highest BCUT2D eigenvalue weighted by Crippen LogP contribution is 2.22. The summed E-state index contributed by atoms with van der Waals surface area (Å²) in [4.78, 5) is 6.90. The van der Waals surface area contributed by atoms with E-state index in [2.05, 4.69) is 39.5 Å². The highest BCUT2D eigenvalue weighted by molar-refractivity contribution is 14.0. The summed E-state index contributed by atoms with van der Waals surface area (Å²) in [5, 5.41) is 10.9. The van der Waals surface area contributed by atoms with Gasteiger partial charge in [-0.05, 0) is 58.7 Å².